The van der Waals surface area contributed by atoms with E-state index in [2.05, 4.69) is 162 Å². The van der Waals surface area contributed by atoms with Crippen LogP contribution in [0.15, 0.2) is 66.7 Å². The predicted molar refractivity (Wildman–Crippen MR) is 186 cm³/mol. The molecule has 1 aliphatic rings. The van der Waals surface area contributed by atoms with Gasteiger partial charge in [-0.05, 0) is 28.4 Å². The molecular weight excluding hydrogens is 671 g/mol. The van der Waals surface area contributed by atoms with Crippen molar-refractivity contribution in [3.05, 3.63) is 117 Å². The molecule has 44 heavy (non-hydrogen) atoms. The molecule has 4 heteroatoms. The first-order valence-corrected chi connectivity index (χ1v) is 20.1. The molecule has 0 spiro atoms. The number of fused-ring (bicyclic) bond motifs is 3. The van der Waals surface area contributed by atoms with Crippen LogP contribution in [0.3, 0.4) is 0 Å². The second-order valence-corrected chi connectivity index (χ2v) is 22.1. The van der Waals surface area contributed by atoms with E-state index in [4.69, 9.17) is 0 Å². The van der Waals surface area contributed by atoms with Crippen molar-refractivity contribution >= 4 is 16.5 Å². The maximum absolute atomic E-state index is 3.67. The third-order valence-corrected chi connectivity index (χ3v) is 10.9. The zero-order chi connectivity index (χ0) is 31.6. The van der Waals surface area contributed by atoms with Gasteiger partial charge >= 0.3 is 76.7 Å². The smallest absolute Gasteiger partial charge is 0.00418 e. The first-order chi connectivity index (χ1) is 19.3. The summed E-state index contributed by atoms with van der Waals surface area (Å²) >= 11 is 1.51. The van der Waals surface area contributed by atoms with E-state index in [0.717, 1.165) is 6.42 Å². The molecule has 0 amide bonds. The van der Waals surface area contributed by atoms with Crippen molar-refractivity contribution in [2.75, 3.05) is 0 Å². The zero-order valence-corrected chi connectivity index (χ0v) is 34.3. The van der Waals surface area contributed by atoms with Gasteiger partial charge in [0.1, 0.15) is 0 Å². The number of hydrogen-bond donors (Lipinski definition) is 0. The fraction of sp³-hybridized carbons (Fsp3) is 0.400. The van der Waals surface area contributed by atoms with Crippen molar-refractivity contribution in [1.82, 2.24) is 0 Å². The first kappa shape index (κ1) is 40.6. The molecule has 0 N–H and O–H groups in total. The molecule has 0 bridgehead atoms. The van der Waals surface area contributed by atoms with Crippen LogP contribution in [0.25, 0.3) is 11.1 Å². The van der Waals surface area contributed by atoms with Crippen LogP contribution in [0, 0.1) is 26.8 Å². The van der Waals surface area contributed by atoms with Crippen molar-refractivity contribution in [3.8, 4) is 11.1 Å². The van der Waals surface area contributed by atoms with Gasteiger partial charge in [-0.25, -0.2) is 6.07 Å². The van der Waals surface area contributed by atoms with Gasteiger partial charge in [-0.15, -0.1) is 11.1 Å². The number of hydrogen-bond acceptors (Lipinski definition) is 0. The predicted octanol–water partition coefficient (Wildman–Crippen LogP) is 4.31. The fourth-order valence-corrected chi connectivity index (χ4v) is 7.77. The summed E-state index contributed by atoms with van der Waals surface area (Å²) in [5.74, 6) is 0. The molecule has 236 valence electrons. The van der Waals surface area contributed by atoms with Gasteiger partial charge in [-0.3, -0.25) is 0 Å². The molecule has 1 aliphatic carbocycles. The Hall–Kier alpha value is -1.44. The molecule has 0 aromatic heterocycles. The minimum absolute atomic E-state index is 0. The summed E-state index contributed by atoms with van der Waals surface area (Å²) in [7, 11) is -1.06. The van der Waals surface area contributed by atoms with Crippen LogP contribution in [0.1, 0.15) is 93.0 Å². The van der Waals surface area contributed by atoms with Crippen LogP contribution in [0.5, 0.6) is 0 Å². The summed E-state index contributed by atoms with van der Waals surface area (Å²) in [6.07, 6.45) is 1.03. The Morgan fingerprint density at radius 3 is 1.77 bits per heavy atom. The average molecular weight is 723 g/mol. The van der Waals surface area contributed by atoms with Crippen LogP contribution in [0.2, 0.25) is 19.6 Å². The fourth-order valence-electron chi connectivity index (χ4n) is 5.44. The normalized spacial score (nSPS) is 11.9. The molecule has 0 unspecified atom stereocenters. The van der Waals surface area contributed by atoms with Crippen LogP contribution in [-0.2, 0) is 41.5 Å². The monoisotopic (exact) mass is 720 g/mol. The summed E-state index contributed by atoms with van der Waals surface area (Å²) in [4.78, 5) is 0. The van der Waals surface area contributed by atoms with E-state index in [1.54, 1.807) is 5.19 Å². The van der Waals surface area contributed by atoms with E-state index in [1.165, 1.54) is 83.1 Å². The van der Waals surface area contributed by atoms with Crippen molar-refractivity contribution in [3.63, 3.8) is 0 Å². The summed E-state index contributed by atoms with van der Waals surface area (Å²) < 4.78 is 1.46. The quantitative estimate of drug-likeness (QED) is 0.189. The molecule has 0 fully saturated rings. The van der Waals surface area contributed by atoms with Gasteiger partial charge in [-0.2, -0.15) is 46.1 Å². The molecule has 4 aromatic carbocycles. The Bertz CT molecular complexity index is 1480. The Morgan fingerprint density at radius 1 is 0.773 bits per heavy atom. The summed E-state index contributed by atoms with van der Waals surface area (Å²) in [5, 5.41) is 1.62. The second kappa shape index (κ2) is 15.9. The van der Waals surface area contributed by atoms with Gasteiger partial charge in [0.25, 0.3) is 0 Å². The number of benzene rings is 3. The molecule has 0 atom stereocenters. The zero-order valence-electron chi connectivity index (χ0n) is 29.3. The maximum atomic E-state index is 3.67. The third-order valence-electron chi connectivity index (χ3n) is 8.00. The topological polar surface area (TPSA) is 0 Å². The number of aryl methyl sites for hydroxylation is 3. The number of halogens is 2. The Morgan fingerprint density at radius 2 is 1.34 bits per heavy atom. The first-order valence-electron chi connectivity index (χ1n) is 15.3. The Balaban J connectivity index is 0.000000358. The number of rotatable bonds is 2. The van der Waals surface area contributed by atoms with Crippen LogP contribution < -0.4 is 30.0 Å². The standard InChI is InChI=1S/C21H25.C10H17Si.C9H10.2ClH.Zr/c1-20(2,3)16-7-9-18-14(12-16)11-15-13-17(21(4,5)6)8-10-19(15)18;1-8-6-9(2)10(7-8)11(3,4)5;1-3-9-6-4-8(2)5-7-9;;;/h7-10,12H,11H2,1-6H3;6-7H,1-5H3;4-7H,1-2H3;2*1H;/q2*-1;;;;+2/p-2. The molecular formula is C40H52Cl2SiZr-2. The molecule has 0 nitrogen and oxygen atoms in total. The molecule has 0 heterocycles. The largest absolute Gasteiger partial charge is 1.00 e. The molecule has 5 rings (SSSR count). The maximum Gasteiger partial charge on any atom is 0.00418 e. The van der Waals surface area contributed by atoms with Gasteiger partial charge in [0.2, 0.25) is 0 Å². The van der Waals surface area contributed by atoms with Gasteiger partial charge in [0.15, 0.2) is 0 Å². The minimum Gasteiger partial charge on any atom is -1.00 e. The van der Waals surface area contributed by atoms with Crippen LogP contribution in [0.4, 0.5) is 0 Å². The summed E-state index contributed by atoms with van der Waals surface area (Å²) in [6, 6.07) is 28.5. The molecule has 4 aromatic rings. The third kappa shape index (κ3) is 10.8. The van der Waals surface area contributed by atoms with E-state index in [1.807, 2.05) is 0 Å². The SMILES string of the molecule is CC(C)(C)c1[c-]c2c(cc1)-c1ccc(C(C)(C)C)cc1C2.C[C](=[Zr+2])c1ccc(C)cc1.Cc1cc([Si](C)(C)C)c(C)[cH-]1.[Cl-].[Cl-]. The van der Waals surface area contributed by atoms with Gasteiger partial charge in [-0.1, -0.05) is 98.8 Å². The second-order valence-electron chi connectivity index (χ2n) is 15.2. The van der Waals surface area contributed by atoms with E-state index in [-0.39, 0.29) is 35.6 Å². The average Bonchev–Trinajstić information content (AvgIpc) is 3.41. The summed E-state index contributed by atoms with van der Waals surface area (Å²) in [6.45, 7) is 29.5. The molecule has 0 saturated heterocycles. The Labute approximate surface area is 298 Å². The molecule has 0 saturated carbocycles. The Kier molecular flexibility index (Phi) is 14.7. The van der Waals surface area contributed by atoms with Crippen molar-refractivity contribution < 1.29 is 49.0 Å². The molecule has 0 aliphatic heterocycles. The van der Waals surface area contributed by atoms with Crippen molar-refractivity contribution in [2.24, 2.45) is 0 Å². The van der Waals surface area contributed by atoms with Gasteiger partial charge in [0, 0.05) is 8.07 Å². The van der Waals surface area contributed by atoms with Gasteiger partial charge < -0.3 is 24.8 Å². The van der Waals surface area contributed by atoms with E-state index >= 15 is 0 Å². The van der Waals surface area contributed by atoms with Crippen molar-refractivity contribution in [2.45, 2.75) is 106 Å². The van der Waals surface area contributed by atoms with E-state index < -0.39 is 8.07 Å². The van der Waals surface area contributed by atoms with E-state index in [9.17, 15) is 0 Å². The van der Waals surface area contributed by atoms with Crippen LogP contribution >= 0.6 is 0 Å². The van der Waals surface area contributed by atoms with E-state index in [0.29, 0.717) is 0 Å². The molecule has 0 radical (unpaired) electrons. The minimum atomic E-state index is -1.06. The summed E-state index contributed by atoms with van der Waals surface area (Å²) in [5.41, 5.74) is 14.3. The van der Waals surface area contributed by atoms with Crippen LogP contribution in [-0.4, -0.2) is 11.3 Å². The van der Waals surface area contributed by atoms with Crippen molar-refractivity contribution in [1.29, 1.82) is 0 Å². The van der Waals surface area contributed by atoms with Gasteiger partial charge in [0.05, 0.1) is 0 Å².